The predicted octanol–water partition coefficient (Wildman–Crippen LogP) is 1.55. The Hall–Kier alpha value is -1.47. The number of piperidine rings is 2. The van der Waals surface area contributed by atoms with Crippen LogP contribution in [0.5, 0.6) is 0 Å². The van der Waals surface area contributed by atoms with Crippen molar-refractivity contribution >= 4 is 23.6 Å². The van der Waals surface area contributed by atoms with Crippen LogP contribution in [0.25, 0.3) is 0 Å². The average molecular weight is 351 g/mol. The van der Waals surface area contributed by atoms with Crippen LogP contribution in [0, 0.1) is 5.92 Å². The van der Waals surface area contributed by atoms with Gasteiger partial charge in [-0.3, -0.25) is 9.59 Å². The normalized spacial score (nSPS) is 24.2. The lowest BCUT2D eigenvalue weighted by molar-refractivity contribution is -0.140. The quantitative estimate of drug-likeness (QED) is 0.871. The second kappa shape index (κ2) is 7.61. The smallest absolute Gasteiger partial charge is 0.289 e. The average Bonchev–Trinajstić information content (AvgIpc) is 3.05. The Morgan fingerprint density at radius 2 is 2.25 bits per heavy atom. The molecule has 2 atom stereocenters. The molecule has 0 saturated carbocycles. The van der Waals surface area contributed by atoms with E-state index in [0.717, 1.165) is 24.4 Å². The van der Waals surface area contributed by atoms with Gasteiger partial charge in [0.05, 0.1) is 5.75 Å². The molecule has 6 nitrogen and oxygen atoms in total. The Kier molecular flexibility index (Phi) is 5.50. The molecular weight excluding hydrogens is 326 g/mol. The van der Waals surface area contributed by atoms with Gasteiger partial charge in [0.15, 0.2) is 5.76 Å². The highest BCUT2D eigenvalue weighted by atomic mass is 32.2. The van der Waals surface area contributed by atoms with Gasteiger partial charge in [0.25, 0.3) is 5.91 Å². The number of thioether (sulfide) groups is 1. The van der Waals surface area contributed by atoms with E-state index < -0.39 is 0 Å². The van der Waals surface area contributed by atoms with Gasteiger partial charge in [0.2, 0.25) is 5.91 Å². The van der Waals surface area contributed by atoms with Crippen LogP contribution in [0.15, 0.2) is 16.5 Å². The summed E-state index contributed by atoms with van der Waals surface area (Å²) in [6.07, 6.45) is 4.23. The first kappa shape index (κ1) is 17.4. The fourth-order valence-corrected chi connectivity index (χ4v) is 4.27. The molecule has 0 bridgehead atoms. The standard InChI is InChI=1S/C17H25N3O3S/c1-24-11-13-3-4-15(23-13)17(22)19-8-6-14-12(10-19)2-5-16(21)20(14)9-7-18/h3-4,12,14H,2,5-11,18H2,1H3. The molecule has 2 fully saturated rings. The lowest BCUT2D eigenvalue weighted by Crippen LogP contribution is -2.57. The highest BCUT2D eigenvalue weighted by Gasteiger charge is 2.40. The first-order valence-electron chi connectivity index (χ1n) is 8.50. The van der Waals surface area contributed by atoms with E-state index in [0.29, 0.717) is 44.3 Å². The molecule has 2 aliphatic heterocycles. The van der Waals surface area contributed by atoms with Gasteiger partial charge in [0.1, 0.15) is 5.76 Å². The number of carbonyl (C=O) groups is 2. The van der Waals surface area contributed by atoms with Gasteiger partial charge >= 0.3 is 0 Å². The molecule has 2 N–H and O–H groups in total. The van der Waals surface area contributed by atoms with E-state index >= 15 is 0 Å². The molecule has 3 rings (SSSR count). The first-order valence-corrected chi connectivity index (χ1v) is 9.90. The van der Waals surface area contributed by atoms with Crippen LogP contribution in [0.3, 0.4) is 0 Å². The number of hydrogen-bond donors (Lipinski definition) is 1. The number of likely N-dealkylation sites (tertiary alicyclic amines) is 2. The molecule has 2 amide bonds. The van der Waals surface area contributed by atoms with Crippen molar-refractivity contribution in [2.75, 3.05) is 32.4 Å². The van der Waals surface area contributed by atoms with E-state index in [-0.39, 0.29) is 17.9 Å². The first-order chi connectivity index (χ1) is 11.6. The molecule has 0 aromatic carbocycles. The number of nitrogens with two attached hydrogens (primary N) is 1. The van der Waals surface area contributed by atoms with Crippen molar-refractivity contribution in [3.8, 4) is 0 Å². The highest BCUT2D eigenvalue weighted by Crippen LogP contribution is 2.31. The maximum Gasteiger partial charge on any atom is 0.289 e. The third-order valence-corrected chi connectivity index (χ3v) is 5.53. The molecule has 24 heavy (non-hydrogen) atoms. The molecule has 3 heterocycles. The summed E-state index contributed by atoms with van der Waals surface area (Å²) in [6.45, 7) is 2.45. The summed E-state index contributed by atoms with van der Waals surface area (Å²) in [5.74, 6) is 2.53. The summed E-state index contributed by atoms with van der Waals surface area (Å²) < 4.78 is 5.66. The van der Waals surface area contributed by atoms with E-state index in [2.05, 4.69) is 0 Å². The van der Waals surface area contributed by atoms with Crippen molar-refractivity contribution in [1.29, 1.82) is 0 Å². The van der Waals surface area contributed by atoms with E-state index in [1.807, 2.05) is 22.1 Å². The zero-order valence-electron chi connectivity index (χ0n) is 14.1. The Bertz CT molecular complexity index is 604. The third-order valence-electron chi connectivity index (χ3n) is 4.96. The molecule has 0 radical (unpaired) electrons. The second-order valence-corrected chi connectivity index (χ2v) is 7.35. The zero-order chi connectivity index (χ0) is 17.1. The van der Waals surface area contributed by atoms with Crippen LogP contribution in [-0.2, 0) is 10.5 Å². The summed E-state index contributed by atoms with van der Waals surface area (Å²) in [6, 6.07) is 3.87. The lowest BCUT2D eigenvalue weighted by atomic mass is 9.83. The SMILES string of the molecule is CSCc1ccc(C(=O)N2CCC3C(CCC(=O)N3CCN)C2)o1. The van der Waals surface area contributed by atoms with E-state index in [9.17, 15) is 9.59 Å². The Morgan fingerprint density at radius 3 is 3.00 bits per heavy atom. The molecule has 1 aromatic rings. The number of carbonyl (C=O) groups excluding carboxylic acids is 2. The van der Waals surface area contributed by atoms with Crippen molar-refractivity contribution in [1.82, 2.24) is 9.80 Å². The van der Waals surface area contributed by atoms with Crippen molar-refractivity contribution < 1.29 is 14.0 Å². The molecule has 132 valence electrons. The van der Waals surface area contributed by atoms with Gasteiger partial charge in [-0.1, -0.05) is 0 Å². The Labute approximate surface area is 146 Å². The van der Waals surface area contributed by atoms with Crippen molar-refractivity contribution in [3.05, 3.63) is 23.7 Å². The predicted molar refractivity (Wildman–Crippen MR) is 93.7 cm³/mol. The number of amides is 2. The summed E-state index contributed by atoms with van der Waals surface area (Å²) in [5.41, 5.74) is 5.65. The summed E-state index contributed by atoms with van der Waals surface area (Å²) in [5, 5.41) is 0. The minimum atomic E-state index is -0.0388. The molecule has 2 aliphatic rings. The number of rotatable bonds is 5. The Morgan fingerprint density at radius 1 is 1.42 bits per heavy atom. The third kappa shape index (κ3) is 3.47. The van der Waals surface area contributed by atoms with Gasteiger partial charge in [-0.05, 0) is 37.1 Å². The number of hydrogen-bond acceptors (Lipinski definition) is 5. The minimum absolute atomic E-state index is 0.0388. The van der Waals surface area contributed by atoms with Crippen LogP contribution >= 0.6 is 11.8 Å². The van der Waals surface area contributed by atoms with Crippen molar-refractivity contribution in [2.24, 2.45) is 11.7 Å². The van der Waals surface area contributed by atoms with E-state index in [1.165, 1.54) is 0 Å². The number of furan rings is 1. The van der Waals surface area contributed by atoms with Gasteiger partial charge in [-0.15, -0.1) is 0 Å². The molecule has 2 unspecified atom stereocenters. The van der Waals surface area contributed by atoms with Crippen molar-refractivity contribution in [2.45, 2.75) is 31.1 Å². The topological polar surface area (TPSA) is 79.8 Å². The highest BCUT2D eigenvalue weighted by molar-refractivity contribution is 7.97. The zero-order valence-corrected chi connectivity index (χ0v) is 14.9. The van der Waals surface area contributed by atoms with Crippen LogP contribution in [0.1, 0.15) is 35.6 Å². The molecule has 7 heteroatoms. The largest absolute Gasteiger partial charge is 0.455 e. The second-order valence-electron chi connectivity index (χ2n) is 6.48. The van der Waals surface area contributed by atoms with Gasteiger partial charge in [-0.2, -0.15) is 11.8 Å². The molecule has 2 saturated heterocycles. The van der Waals surface area contributed by atoms with E-state index in [4.69, 9.17) is 10.2 Å². The van der Waals surface area contributed by atoms with Crippen LogP contribution in [0.4, 0.5) is 0 Å². The van der Waals surface area contributed by atoms with Crippen LogP contribution in [0.2, 0.25) is 0 Å². The Balaban J connectivity index is 1.66. The fraction of sp³-hybridized carbons (Fsp3) is 0.647. The fourth-order valence-electron chi connectivity index (χ4n) is 3.83. The molecule has 1 aromatic heterocycles. The molecule has 0 aliphatic carbocycles. The monoisotopic (exact) mass is 351 g/mol. The summed E-state index contributed by atoms with van der Waals surface area (Å²) in [4.78, 5) is 28.6. The maximum atomic E-state index is 12.7. The van der Waals surface area contributed by atoms with E-state index in [1.54, 1.807) is 17.8 Å². The van der Waals surface area contributed by atoms with Gasteiger partial charge in [-0.25, -0.2) is 0 Å². The minimum Gasteiger partial charge on any atom is -0.455 e. The van der Waals surface area contributed by atoms with Crippen LogP contribution < -0.4 is 5.73 Å². The number of nitrogens with zero attached hydrogens (tertiary/aromatic N) is 2. The molecule has 0 spiro atoms. The number of fused-ring (bicyclic) bond motifs is 1. The van der Waals surface area contributed by atoms with Crippen LogP contribution in [-0.4, -0.2) is 60.1 Å². The van der Waals surface area contributed by atoms with Gasteiger partial charge < -0.3 is 20.0 Å². The van der Waals surface area contributed by atoms with Gasteiger partial charge in [0, 0.05) is 38.6 Å². The lowest BCUT2D eigenvalue weighted by Gasteiger charge is -2.46. The maximum absolute atomic E-state index is 12.7. The summed E-state index contributed by atoms with van der Waals surface area (Å²) >= 11 is 1.67. The summed E-state index contributed by atoms with van der Waals surface area (Å²) in [7, 11) is 0. The van der Waals surface area contributed by atoms with Crippen molar-refractivity contribution in [3.63, 3.8) is 0 Å². The molecular formula is C17H25N3O3S.